The maximum Gasteiger partial charge on any atom is 0.165 e. The number of hydrogen-bond donors (Lipinski definition) is 1. The predicted octanol–water partition coefficient (Wildman–Crippen LogP) is 1.19. The van der Waals surface area contributed by atoms with Gasteiger partial charge in [0.05, 0.1) is 7.11 Å². The van der Waals surface area contributed by atoms with Crippen LogP contribution in [0.5, 0.6) is 5.75 Å². The minimum Gasteiger partial charge on any atom is -0.494 e. The molecule has 88 valence electrons. The molecule has 4 heteroatoms. The quantitative estimate of drug-likeness (QED) is 0.820. The molecule has 1 fully saturated rings. The topological polar surface area (TPSA) is 38.5 Å². The third-order valence-electron chi connectivity index (χ3n) is 3.15. The highest BCUT2D eigenvalue weighted by Gasteiger charge is 2.29. The van der Waals surface area contributed by atoms with Crippen LogP contribution < -0.4 is 10.5 Å². The molecule has 2 rings (SSSR count). The Morgan fingerprint density at radius 3 is 2.69 bits per heavy atom. The van der Waals surface area contributed by atoms with Gasteiger partial charge in [-0.05, 0) is 24.7 Å². The lowest BCUT2D eigenvalue weighted by Crippen LogP contribution is -2.27. The van der Waals surface area contributed by atoms with E-state index in [1.165, 1.54) is 13.2 Å². The minimum absolute atomic E-state index is 0.0813. The highest BCUT2D eigenvalue weighted by molar-refractivity contribution is 5.32. The van der Waals surface area contributed by atoms with Crippen molar-refractivity contribution in [3.63, 3.8) is 0 Å². The summed E-state index contributed by atoms with van der Waals surface area (Å²) in [5, 5.41) is 0. The lowest BCUT2D eigenvalue weighted by Gasteiger charge is -2.15. The van der Waals surface area contributed by atoms with Gasteiger partial charge in [-0.3, -0.25) is 0 Å². The summed E-state index contributed by atoms with van der Waals surface area (Å²) in [5.41, 5.74) is 6.98. The zero-order valence-corrected chi connectivity index (χ0v) is 9.61. The van der Waals surface area contributed by atoms with Crippen LogP contribution in [0.15, 0.2) is 18.2 Å². The van der Waals surface area contributed by atoms with Gasteiger partial charge in [0.1, 0.15) is 0 Å². The Labute approximate surface area is 95.0 Å². The van der Waals surface area contributed by atoms with Crippen molar-refractivity contribution in [2.45, 2.75) is 12.0 Å². The molecule has 0 aliphatic carbocycles. The lowest BCUT2D eigenvalue weighted by molar-refractivity contribution is 0.385. The molecular formula is C12H17FN2O. The normalized spacial score (nSPS) is 26.0. The largest absolute Gasteiger partial charge is 0.494 e. The van der Waals surface area contributed by atoms with E-state index in [0.717, 1.165) is 18.7 Å². The van der Waals surface area contributed by atoms with Gasteiger partial charge in [0.25, 0.3) is 0 Å². The van der Waals surface area contributed by atoms with Crippen molar-refractivity contribution in [1.29, 1.82) is 0 Å². The van der Waals surface area contributed by atoms with Gasteiger partial charge in [0.2, 0.25) is 0 Å². The predicted molar refractivity (Wildman–Crippen MR) is 61.2 cm³/mol. The van der Waals surface area contributed by atoms with Crippen LogP contribution in [0.3, 0.4) is 0 Å². The number of nitrogens with zero attached hydrogens (tertiary/aromatic N) is 1. The maximum absolute atomic E-state index is 13.5. The molecule has 1 aliphatic rings. The lowest BCUT2D eigenvalue weighted by atomic mass is 9.95. The number of hydrogen-bond acceptors (Lipinski definition) is 3. The second-order valence-corrected chi connectivity index (χ2v) is 4.39. The zero-order valence-electron chi connectivity index (χ0n) is 9.61. The minimum atomic E-state index is -0.318. The molecule has 1 heterocycles. The molecule has 16 heavy (non-hydrogen) atoms. The van der Waals surface area contributed by atoms with Gasteiger partial charge in [-0.2, -0.15) is 0 Å². The Bertz CT molecular complexity index is 383. The van der Waals surface area contributed by atoms with Crippen LogP contribution in [-0.2, 0) is 0 Å². The first-order valence-corrected chi connectivity index (χ1v) is 5.39. The molecule has 2 unspecified atom stereocenters. The van der Waals surface area contributed by atoms with Gasteiger partial charge in [-0.15, -0.1) is 0 Å². The Morgan fingerprint density at radius 1 is 1.44 bits per heavy atom. The number of ether oxygens (including phenoxy) is 1. The van der Waals surface area contributed by atoms with E-state index in [9.17, 15) is 4.39 Å². The molecule has 0 amide bonds. The van der Waals surface area contributed by atoms with E-state index in [2.05, 4.69) is 4.90 Å². The molecule has 0 spiro atoms. The van der Waals surface area contributed by atoms with Gasteiger partial charge < -0.3 is 15.4 Å². The van der Waals surface area contributed by atoms with Crippen molar-refractivity contribution in [3.05, 3.63) is 29.6 Å². The number of likely N-dealkylation sites (N-methyl/N-ethyl adjacent to an activating group) is 1. The van der Waals surface area contributed by atoms with E-state index in [0.29, 0.717) is 0 Å². The number of halogens is 1. The van der Waals surface area contributed by atoms with Crippen molar-refractivity contribution < 1.29 is 9.13 Å². The fourth-order valence-electron chi connectivity index (χ4n) is 2.30. The van der Waals surface area contributed by atoms with E-state index in [1.54, 1.807) is 6.07 Å². The average Bonchev–Trinajstić information content (AvgIpc) is 2.58. The van der Waals surface area contributed by atoms with Crippen LogP contribution in [0.4, 0.5) is 4.39 Å². The molecule has 1 aromatic rings. The maximum atomic E-state index is 13.5. The number of nitrogens with two attached hydrogens (primary N) is 1. The van der Waals surface area contributed by atoms with Gasteiger partial charge >= 0.3 is 0 Å². The van der Waals surface area contributed by atoms with Crippen LogP contribution in [0.2, 0.25) is 0 Å². The Hall–Kier alpha value is -1.13. The fourth-order valence-corrected chi connectivity index (χ4v) is 2.30. The third-order valence-corrected chi connectivity index (χ3v) is 3.15. The smallest absolute Gasteiger partial charge is 0.165 e. The number of rotatable bonds is 2. The Balaban J connectivity index is 2.24. The van der Waals surface area contributed by atoms with Gasteiger partial charge in [0.15, 0.2) is 11.6 Å². The molecule has 0 radical (unpaired) electrons. The number of methoxy groups -OCH3 is 1. The van der Waals surface area contributed by atoms with E-state index in [-0.39, 0.29) is 23.5 Å². The molecule has 3 nitrogen and oxygen atoms in total. The fraction of sp³-hybridized carbons (Fsp3) is 0.500. The molecule has 0 aromatic heterocycles. The van der Waals surface area contributed by atoms with E-state index >= 15 is 0 Å². The highest BCUT2D eigenvalue weighted by atomic mass is 19.1. The Morgan fingerprint density at radius 2 is 2.19 bits per heavy atom. The van der Waals surface area contributed by atoms with Crippen molar-refractivity contribution in [2.24, 2.45) is 5.73 Å². The van der Waals surface area contributed by atoms with Gasteiger partial charge in [0, 0.05) is 25.0 Å². The van der Waals surface area contributed by atoms with Crippen LogP contribution in [0.25, 0.3) is 0 Å². The second kappa shape index (κ2) is 4.39. The van der Waals surface area contributed by atoms with Crippen LogP contribution >= 0.6 is 0 Å². The molecule has 1 saturated heterocycles. The highest BCUT2D eigenvalue weighted by Crippen LogP contribution is 2.28. The molecule has 0 bridgehead atoms. The molecule has 1 aromatic carbocycles. The van der Waals surface area contributed by atoms with E-state index in [1.807, 2.05) is 13.1 Å². The summed E-state index contributed by atoms with van der Waals surface area (Å²) in [6.07, 6.45) is 0. The van der Waals surface area contributed by atoms with Crippen LogP contribution in [-0.4, -0.2) is 38.2 Å². The van der Waals surface area contributed by atoms with Crippen LogP contribution in [0, 0.1) is 5.82 Å². The number of likely N-dealkylation sites (tertiary alicyclic amines) is 1. The summed E-state index contributed by atoms with van der Waals surface area (Å²) in [4.78, 5) is 2.16. The van der Waals surface area contributed by atoms with Crippen molar-refractivity contribution in [3.8, 4) is 5.75 Å². The number of benzene rings is 1. The van der Waals surface area contributed by atoms with E-state index in [4.69, 9.17) is 10.5 Å². The first kappa shape index (κ1) is 11.4. The second-order valence-electron chi connectivity index (χ2n) is 4.39. The summed E-state index contributed by atoms with van der Waals surface area (Å²) in [7, 11) is 3.49. The van der Waals surface area contributed by atoms with E-state index < -0.39 is 0 Å². The van der Waals surface area contributed by atoms with Crippen LogP contribution in [0.1, 0.15) is 11.5 Å². The zero-order chi connectivity index (χ0) is 11.7. The van der Waals surface area contributed by atoms with Crippen molar-refractivity contribution >= 4 is 0 Å². The summed E-state index contributed by atoms with van der Waals surface area (Å²) in [5.74, 6) is 0.177. The molecule has 2 atom stereocenters. The first-order valence-electron chi connectivity index (χ1n) is 5.39. The molecular weight excluding hydrogens is 207 g/mol. The van der Waals surface area contributed by atoms with Gasteiger partial charge in [-0.25, -0.2) is 4.39 Å². The standard InChI is InChI=1S/C12H17FN2O/c1-15-6-9(11(14)7-15)8-3-4-12(16-2)10(13)5-8/h3-5,9,11H,6-7,14H2,1-2H3. The third kappa shape index (κ3) is 2.03. The summed E-state index contributed by atoms with van der Waals surface area (Å²) < 4.78 is 18.4. The monoisotopic (exact) mass is 224 g/mol. The summed E-state index contributed by atoms with van der Waals surface area (Å²) in [6, 6.07) is 5.17. The Kier molecular flexibility index (Phi) is 3.12. The van der Waals surface area contributed by atoms with Crippen molar-refractivity contribution in [2.75, 3.05) is 27.2 Å². The molecule has 2 N–H and O–H groups in total. The summed E-state index contributed by atoms with van der Waals surface area (Å²) >= 11 is 0. The average molecular weight is 224 g/mol. The first-order chi connectivity index (χ1) is 7.61. The molecule has 1 aliphatic heterocycles. The summed E-state index contributed by atoms with van der Waals surface area (Å²) in [6.45, 7) is 1.74. The molecule has 0 saturated carbocycles. The van der Waals surface area contributed by atoms with Gasteiger partial charge in [-0.1, -0.05) is 6.07 Å². The SMILES string of the molecule is COc1ccc(C2CN(C)CC2N)cc1F. The van der Waals surface area contributed by atoms with Crippen molar-refractivity contribution in [1.82, 2.24) is 4.90 Å².